The molecular formula is C23H24N4O5S2. The average Bonchev–Trinajstić information content (AvgIpc) is 3.25. The smallest absolute Gasteiger partial charge is 0.338 e. The zero-order chi connectivity index (χ0) is 24.1. The van der Waals surface area contributed by atoms with Crippen LogP contribution < -0.4 is 4.74 Å². The van der Waals surface area contributed by atoms with E-state index in [1.807, 2.05) is 6.92 Å². The number of imidazole rings is 1. The van der Waals surface area contributed by atoms with E-state index >= 15 is 0 Å². The van der Waals surface area contributed by atoms with Crippen molar-refractivity contribution in [3.63, 3.8) is 0 Å². The summed E-state index contributed by atoms with van der Waals surface area (Å²) in [5.41, 5.74) is 2.05. The van der Waals surface area contributed by atoms with E-state index in [0.717, 1.165) is 16.0 Å². The predicted molar refractivity (Wildman–Crippen MR) is 128 cm³/mol. The Kier molecular flexibility index (Phi) is 7.47. The second kappa shape index (κ2) is 10.5. The van der Waals surface area contributed by atoms with E-state index < -0.39 is 21.2 Å². The average molecular weight is 501 g/mol. The molecule has 0 amide bonds. The highest BCUT2D eigenvalue weighted by atomic mass is 32.2. The molecule has 0 N–H and O–H groups in total. The van der Waals surface area contributed by atoms with E-state index in [0.29, 0.717) is 35.7 Å². The molecule has 34 heavy (non-hydrogen) atoms. The van der Waals surface area contributed by atoms with Crippen LogP contribution in [-0.2, 0) is 31.7 Å². The van der Waals surface area contributed by atoms with Gasteiger partial charge < -0.3 is 14.0 Å². The third kappa shape index (κ3) is 4.92. The van der Waals surface area contributed by atoms with Crippen molar-refractivity contribution in [1.29, 1.82) is 0 Å². The van der Waals surface area contributed by atoms with Crippen LogP contribution in [0.25, 0.3) is 11.0 Å². The molecule has 1 aromatic carbocycles. The van der Waals surface area contributed by atoms with Gasteiger partial charge >= 0.3 is 5.16 Å². The quantitative estimate of drug-likeness (QED) is 0.241. The number of fused-ring (bicyclic) bond motifs is 1. The van der Waals surface area contributed by atoms with Crippen LogP contribution in [0, 0.1) is 6.92 Å². The fourth-order valence-corrected chi connectivity index (χ4v) is 6.41. The highest BCUT2D eigenvalue weighted by Crippen LogP contribution is 2.29. The molecule has 0 bridgehead atoms. The molecule has 0 aliphatic heterocycles. The Labute approximate surface area is 201 Å². The number of hydrogen-bond donors (Lipinski definition) is 0. The first-order valence-corrected chi connectivity index (χ1v) is 13.3. The van der Waals surface area contributed by atoms with Gasteiger partial charge in [-0.15, -0.1) is 0 Å². The molecule has 3 aromatic heterocycles. The normalized spacial score (nSPS) is 12.7. The number of para-hydroxylation sites is 2. The SMILES string of the molecule is COCCCOc1ccnc(C[S+]([O-])c2nc3ccccc3n2S(=O)(=O)c2cccnc2)c1C. The zero-order valence-electron chi connectivity index (χ0n) is 18.7. The van der Waals surface area contributed by atoms with Gasteiger partial charge in [-0.1, -0.05) is 12.1 Å². The Balaban J connectivity index is 1.70. The molecule has 178 valence electrons. The van der Waals surface area contributed by atoms with Crippen molar-refractivity contribution in [2.45, 2.75) is 29.1 Å². The number of methoxy groups -OCH3 is 1. The summed E-state index contributed by atoms with van der Waals surface area (Å²) in [6, 6.07) is 11.5. The summed E-state index contributed by atoms with van der Waals surface area (Å²) in [5, 5.41) is -0.0716. The minimum absolute atomic E-state index is 0.0165. The molecule has 0 spiro atoms. The van der Waals surface area contributed by atoms with Crippen molar-refractivity contribution in [2.75, 3.05) is 20.3 Å². The first-order chi connectivity index (χ1) is 16.4. The molecule has 0 aliphatic carbocycles. The van der Waals surface area contributed by atoms with Gasteiger partial charge in [0.25, 0.3) is 10.0 Å². The molecule has 4 aromatic rings. The summed E-state index contributed by atoms with van der Waals surface area (Å²) in [5.74, 6) is 0.613. The Morgan fingerprint density at radius 3 is 2.68 bits per heavy atom. The second-order valence-electron chi connectivity index (χ2n) is 7.41. The third-order valence-corrected chi connectivity index (χ3v) is 8.16. The highest BCUT2D eigenvalue weighted by molar-refractivity contribution is 7.93. The minimum Gasteiger partial charge on any atom is -0.609 e. The van der Waals surface area contributed by atoms with Gasteiger partial charge in [-0.3, -0.25) is 9.97 Å². The summed E-state index contributed by atoms with van der Waals surface area (Å²) in [6.45, 7) is 2.89. The first-order valence-electron chi connectivity index (χ1n) is 10.5. The molecule has 0 radical (unpaired) electrons. The molecule has 0 saturated heterocycles. The molecule has 4 rings (SSSR count). The van der Waals surface area contributed by atoms with Crippen molar-refractivity contribution in [3.8, 4) is 5.75 Å². The fraction of sp³-hybridized carbons (Fsp3) is 0.261. The summed E-state index contributed by atoms with van der Waals surface area (Å²) in [7, 11) is -2.45. The zero-order valence-corrected chi connectivity index (χ0v) is 20.4. The molecule has 0 fully saturated rings. The van der Waals surface area contributed by atoms with Gasteiger partial charge in [-0.25, -0.2) is 8.42 Å². The lowest BCUT2D eigenvalue weighted by Crippen LogP contribution is -2.21. The minimum atomic E-state index is -4.08. The first kappa shape index (κ1) is 24.1. The maximum Gasteiger partial charge on any atom is 0.338 e. The number of pyridine rings is 2. The lowest BCUT2D eigenvalue weighted by Gasteiger charge is -2.15. The summed E-state index contributed by atoms with van der Waals surface area (Å²) in [4.78, 5) is 12.7. The van der Waals surface area contributed by atoms with Crippen LogP contribution >= 0.6 is 0 Å². The topological polar surface area (TPSA) is 119 Å². The van der Waals surface area contributed by atoms with E-state index in [1.165, 1.54) is 24.5 Å². The van der Waals surface area contributed by atoms with Crippen molar-refractivity contribution >= 4 is 32.2 Å². The van der Waals surface area contributed by atoms with Gasteiger partial charge in [0.05, 0.1) is 23.3 Å². The molecule has 3 heterocycles. The lowest BCUT2D eigenvalue weighted by atomic mass is 10.2. The van der Waals surface area contributed by atoms with E-state index in [4.69, 9.17) is 9.47 Å². The molecular weight excluding hydrogens is 476 g/mol. The Bertz CT molecular complexity index is 1380. The van der Waals surface area contributed by atoms with Crippen LogP contribution in [0.2, 0.25) is 0 Å². The number of benzene rings is 1. The van der Waals surface area contributed by atoms with Crippen molar-refractivity contribution in [3.05, 3.63) is 72.3 Å². The largest absolute Gasteiger partial charge is 0.609 e. The van der Waals surface area contributed by atoms with Crippen LogP contribution in [0.1, 0.15) is 17.7 Å². The maximum absolute atomic E-state index is 13.5. The van der Waals surface area contributed by atoms with E-state index in [2.05, 4.69) is 15.0 Å². The van der Waals surface area contributed by atoms with Crippen LogP contribution in [0.5, 0.6) is 5.75 Å². The third-order valence-electron chi connectivity index (χ3n) is 5.14. The number of rotatable bonds is 10. The van der Waals surface area contributed by atoms with Gasteiger partial charge in [0.1, 0.15) is 10.6 Å². The molecule has 1 unspecified atom stereocenters. The fourth-order valence-electron chi connectivity index (χ4n) is 3.40. The van der Waals surface area contributed by atoms with Crippen molar-refractivity contribution < 1.29 is 22.4 Å². The Morgan fingerprint density at radius 2 is 1.91 bits per heavy atom. The predicted octanol–water partition coefficient (Wildman–Crippen LogP) is 3.09. The van der Waals surface area contributed by atoms with E-state index in [1.54, 1.807) is 43.6 Å². The van der Waals surface area contributed by atoms with Gasteiger partial charge in [0.15, 0.2) is 5.75 Å². The molecule has 11 heteroatoms. The van der Waals surface area contributed by atoms with Gasteiger partial charge in [-0.2, -0.15) is 8.96 Å². The van der Waals surface area contributed by atoms with E-state index in [-0.39, 0.29) is 15.8 Å². The van der Waals surface area contributed by atoms with Gasteiger partial charge in [-0.05, 0) is 37.3 Å². The van der Waals surface area contributed by atoms with E-state index in [9.17, 15) is 13.0 Å². The molecule has 0 aliphatic rings. The van der Waals surface area contributed by atoms with Crippen LogP contribution in [0.15, 0.2) is 71.1 Å². The number of aromatic nitrogens is 4. The number of ether oxygens (including phenoxy) is 2. The Hall–Kier alpha value is -2.99. The van der Waals surface area contributed by atoms with Crippen LogP contribution in [-0.4, -0.2) is 52.2 Å². The summed E-state index contributed by atoms with van der Waals surface area (Å²) >= 11 is -1.81. The summed E-state index contributed by atoms with van der Waals surface area (Å²) in [6.07, 6.45) is 5.06. The second-order valence-corrected chi connectivity index (χ2v) is 10.5. The van der Waals surface area contributed by atoms with Gasteiger partial charge in [0.2, 0.25) is 0 Å². The van der Waals surface area contributed by atoms with Crippen LogP contribution in [0.3, 0.4) is 0 Å². The summed E-state index contributed by atoms with van der Waals surface area (Å²) < 4.78 is 52.3. The van der Waals surface area contributed by atoms with Crippen molar-refractivity contribution in [1.82, 2.24) is 18.9 Å². The standard InChI is InChI=1S/C23H24N4O5S2/c1-17-20(25-12-10-22(17)32-14-6-13-31-2)16-33(28)23-26-19-8-3-4-9-21(19)27(23)34(29,30)18-7-5-11-24-15-18/h3-5,7-12,15H,6,13-14,16H2,1-2H3. The Morgan fingerprint density at radius 1 is 1.09 bits per heavy atom. The maximum atomic E-state index is 13.5. The highest BCUT2D eigenvalue weighted by Gasteiger charge is 2.32. The van der Waals surface area contributed by atoms with Crippen LogP contribution in [0.4, 0.5) is 0 Å². The number of nitrogens with zero attached hydrogens (tertiary/aromatic N) is 4. The van der Waals surface area contributed by atoms with Gasteiger partial charge in [0, 0.05) is 55.5 Å². The lowest BCUT2D eigenvalue weighted by molar-refractivity contribution is 0.172. The molecule has 0 saturated carbocycles. The monoisotopic (exact) mass is 500 g/mol. The van der Waals surface area contributed by atoms with Crippen molar-refractivity contribution in [2.24, 2.45) is 0 Å². The molecule has 9 nitrogen and oxygen atoms in total. The molecule has 1 atom stereocenters. The number of hydrogen-bond acceptors (Lipinski definition) is 8.